The highest BCUT2D eigenvalue weighted by Crippen LogP contribution is 2.51. The molecule has 1 unspecified atom stereocenters. The first-order valence-corrected chi connectivity index (χ1v) is 11.8. The third-order valence-electron chi connectivity index (χ3n) is 5.80. The summed E-state index contributed by atoms with van der Waals surface area (Å²) in [6, 6.07) is 9.32. The molecule has 0 radical (unpaired) electrons. The van der Waals surface area contributed by atoms with Crippen molar-refractivity contribution in [2.45, 2.75) is 54.6 Å². The summed E-state index contributed by atoms with van der Waals surface area (Å²) < 4.78 is 31.9. The number of hydrogen-bond acceptors (Lipinski definition) is 5. The Bertz CT molecular complexity index is 1140. The Morgan fingerprint density at radius 1 is 1.23 bits per heavy atom. The van der Waals surface area contributed by atoms with Crippen LogP contribution in [0.5, 0.6) is 5.75 Å². The minimum Gasteiger partial charge on any atom is -0.452 e. The summed E-state index contributed by atoms with van der Waals surface area (Å²) in [6.45, 7) is 3.82. The van der Waals surface area contributed by atoms with Gasteiger partial charge < -0.3 is 18.8 Å². The van der Waals surface area contributed by atoms with Gasteiger partial charge in [-0.05, 0) is 55.6 Å². The topological polar surface area (TPSA) is 58.4 Å². The maximum atomic E-state index is 13.4. The minimum atomic E-state index is -1.41. The molecule has 1 aliphatic heterocycles. The number of aromatic nitrogens is 3. The van der Waals surface area contributed by atoms with Gasteiger partial charge in [0, 0.05) is 34.7 Å². The van der Waals surface area contributed by atoms with Crippen LogP contribution < -0.4 is 4.74 Å². The van der Waals surface area contributed by atoms with E-state index in [1.165, 1.54) is 0 Å². The molecular weight excluding hydrogens is 559 g/mol. The van der Waals surface area contributed by atoms with E-state index >= 15 is 0 Å². The number of alkyl halides is 2. The van der Waals surface area contributed by atoms with Gasteiger partial charge in [0.1, 0.15) is 22.7 Å². The first-order valence-electron chi connectivity index (χ1n) is 9.82. The van der Waals surface area contributed by atoms with Crippen molar-refractivity contribution >= 4 is 56.8 Å². The highest BCUT2D eigenvalue weighted by atomic mass is 127. The summed E-state index contributed by atoms with van der Waals surface area (Å²) in [6.07, 6.45) is 2.29. The van der Waals surface area contributed by atoms with Crippen LogP contribution in [0.4, 0.5) is 4.39 Å². The minimum absolute atomic E-state index is 0.0258. The van der Waals surface area contributed by atoms with Crippen molar-refractivity contribution in [3.63, 3.8) is 0 Å². The number of nitrogens with zero attached hydrogens (tertiary/aromatic N) is 3. The molecule has 164 valence electrons. The molecule has 1 aliphatic carbocycles. The molecule has 0 spiro atoms. The molecule has 2 aromatic heterocycles. The Hall–Kier alpha value is -1.20. The molecule has 2 fully saturated rings. The lowest BCUT2D eigenvalue weighted by molar-refractivity contribution is -0.157. The zero-order chi connectivity index (χ0) is 21.9. The normalized spacial score (nSPS) is 28.1. The van der Waals surface area contributed by atoms with E-state index in [0.29, 0.717) is 16.5 Å². The quantitative estimate of drug-likeness (QED) is 0.163. The molecule has 6 nitrogen and oxygen atoms in total. The lowest BCUT2D eigenvalue weighted by Gasteiger charge is -2.25. The largest absolute Gasteiger partial charge is 0.452 e. The van der Waals surface area contributed by atoms with Gasteiger partial charge in [-0.3, -0.25) is 0 Å². The fourth-order valence-corrected chi connectivity index (χ4v) is 5.44. The number of rotatable bonds is 4. The molecule has 1 saturated heterocycles. The summed E-state index contributed by atoms with van der Waals surface area (Å²) in [5.41, 5.74) is 1.67. The molecule has 31 heavy (non-hydrogen) atoms. The van der Waals surface area contributed by atoms with Crippen molar-refractivity contribution in [1.29, 1.82) is 0 Å². The zero-order valence-electron chi connectivity index (χ0n) is 16.6. The van der Waals surface area contributed by atoms with E-state index in [1.807, 2.05) is 48.9 Å². The fraction of sp³-hybridized carbons (Fsp3) is 0.429. The second-order valence-electron chi connectivity index (χ2n) is 8.17. The zero-order valence-corrected chi connectivity index (χ0v) is 20.3. The van der Waals surface area contributed by atoms with E-state index in [9.17, 15) is 4.39 Å². The number of fused-ring (bicyclic) bond motifs is 2. The standard InChI is InChI=1S/C21H19Cl2FIN3O3/c1-21(2)30-15-13(10-4-3-5-11(8-10)29-20(24)25)9-14(16(15)31-21)28-7-6-12-17(22)26-19(23)27-18(12)28/h3-8,13-16,20H,9H2,1-2H3/t13-,14-,15-,16+,20?/m1/s1. The molecule has 5 rings (SSSR count). The number of benzene rings is 1. The van der Waals surface area contributed by atoms with Crippen LogP contribution in [0.15, 0.2) is 36.5 Å². The number of hydrogen-bond donors (Lipinski definition) is 0. The van der Waals surface area contributed by atoms with Gasteiger partial charge in [0.2, 0.25) is 5.28 Å². The van der Waals surface area contributed by atoms with E-state index in [4.69, 9.17) is 37.4 Å². The number of ether oxygens (including phenoxy) is 3. The molecule has 1 saturated carbocycles. The summed E-state index contributed by atoms with van der Waals surface area (Å²) in [5.74, 6) is -0.215. The Kier molecular flexibility index (Phi) is 5.57. The maximum Gasteiger partial charge on any atom is 0.288 e. The average Bonchev–Trinajstić information content (AvgIpc) is 3.32. The second kappa shape index (κ2) is 7.98. The predicted octanol–water partition coefficient (Wildman–Crippen LogP) is 6.05. The van der Waals surface area contributed by atoms with Gasteiger partial charge in [-0.25, -0.2) is 4.98 Å². The fourth-order valence-electron chi connectivity index (χ4n) is 4.71. The van der Waals surface area contributed by atoms with Crippen LogP contribution in [0.3, 0.4) is 0 Å². The van der Waals surface area contributed by atoms with E-state index in [2.05, 4.69) is 9.97 Å². The molecule has 5 atom stereocenters. The molecule has 0 amide bonds. The lowest BCUT2D eigenvalue weighted by atomic mass is 9.95. The van der Waals surface area contributed by atoms with Gasteiger partial charge in [0.25, 0.3) is 4.36 Å². The highest BCUT2D eigenvalue weighted by molar-refractivity contribution is 14.1. The second-order valence-corrected chi connectivity index (χ2v) is 9.84. The van der Waals surface area contributed by atoms with Gasteiger partial charge in [0.15, 0.2) is 5.79 Å². The summed E-state index contributed by atoms with van der Waals surface area (Å²) in [5, 5.41) is 1.14. The average molecular weight is 578 g/mol. The summed E-state index contributed by atoms with van der Waals surface area (Å²) >= 11 is 13.9. The van der Waals surface area contributed by atoms with E-state index in [0.717, 1.165) is 17.4 Å². The van der Waals surface area contributed by atoms with Crippen molar-refractivity contribution in [1.82, 2.24) is 14.5 Å². The lowest BCUT2D eigenvalue weighted by Crippen LogP contribution is -2.27. The smallest absolute Gasteiger partial charge is 0.288 e. The molecule has 0 N–H and O–H groups in total. The van der Waals surface area contributed by atoms with Crippen LogP contribution in [0.2, 0.25) is 10.4 Å². The Morgan fingerprint density at radius 3 is 2.77 bits per heavy atom. The Morgan fingerprint density at radius 2 is 2.00 bits per heavy atom. The molecule has 1 aromatic carbocycles. The van der Waals surface area contributed by atoms with Gasteiger partial charge in [0.05, 0.1) is 17.5 Å². The first kappa shape index (κ1) is 21.6. The Balaban J connectivity index is 1.55. The summed E-state index contributed by atoms with van der Waals surface area (Å²) in [7, 11) is 0. The van der Waals surface area contributed by atoms with Crippen molar-refractivity contribution in [2.75, 3.05) is 0 Å². The maximum absolute atomic E-state index is 13.4. The molecule has 3 aromatic rings. The third-order valence-corrected chi connectivity index (χ3v) is 6.51. The predicted molar refractivity (Wildman–Crippen MR) is 124 cm³/mol. The van der Waals surface area contributed by atoms with Crippen LogP contribution in [0.25, 0.3) is 11.0 Å². The van der Waals surface area contributed by atoms with Crippen molar-refractivity contribution < 1.29 is 18.6 Å². The van der Waals surface area contributed by atoms with Gasteiger partial charge in [-0.2, -0.15) is 9.37 Å². The van der Waals surface area contributed by atoms with Gasteiger partial charge in [-0.1, -0.05) is 23.7 Å². The number of halogens is 4. The van der Waals surface area contributed by atoms with Crippen LogP contribution in [0.1, 0.15) is 37.8 Å². The van der Waals surface area contributed by atoms with E-state index < -0.39 is 10.2 Å². The molecular formula is C21H19Cl2FIN3O3. The van der Waals surface area contributed by atoms with Crippen LogP contribution >= 0.6 is 45.8 Å². The van der Waals surface area contributed by atoms with Crippen molar-refractivity contribution in [3.05, 3.63) is 52.5 Å². The van der Waals surface area contributed by atoms with Gasteiger partial charge in [-0.15, -0.1) is 0 Å². The Labute approximate surface area is 202 Å². The van der Waals surface area contributed by atoms with Crippen LogP contribution in [-0.2, 0) is 9.47 Å². The molecule has 0 bridgehead atoms. The third kappa shape index (κ3) is 4.01. The monoisotopic (exact) mass is 577 g/mol. The summed E-state index contributed by atoms with van der Waals surface area (Å²) in [4.78, 5) is 8.44. The van der Waals surface area contributed by atoms with Crippen molar-refractivity contribution in [3.8, 4) is 5.75 Å². The van der Waals surface area contributed by atoms with Crippen LogP contribution in [0, 0.1) is 0 Å². The molecule has 3 heterocycles. The highest BCUT2D eigenvalue weighted by Gasteiger charge is 2.55. The van der Waals surface area contributed by atoms with E-state index in [1.54, 1.807) is 28.7 Å². The van der Waals surface area contributed by atoms with Crippen molar-refractivity contribution in [2.24, 2.45) is 0 Å². The SMILES string of the molecule is CC1(C)O[C@@H]2[C@H](O1)[C@@H](c1cccc(OC(F)I)c1)C[C@H]2n1ccc2c(Cl)nc(Cl)nc21. The van der Waals surface area contributed by atoms with Gasteiger partial charge >= 0.3 is 0 Å². The first-order chi connectivity index (χ1) is 14.7. The van der Waals surface area contributed by atoms with E-state index in [-0.39, 0.29) is 29.5 Å². The molecule has 2 aliphatic rings. The molecule has 10 heteroatoms. The van der Waals surface area contributed by atoms with Crippen LogP contribution in [-0.4, -0.2) is 36.9 Å².